The Morgan fingerprint density at radius 2 is 1.87 bits per heavy atom. The smallest absolute Gasteiger partial charge is 0.267 e. The largest absolute Gasteiger partial charge is 0.503 e. The van der Waals surface area contributed by atoms with Gasteiger partial charge in [0.05, 0.1) is 10.0 Å². The van der Waals surface area contributed by atoms with E-state index in [4.69, 9.17) is 34.3 Å². The Morgan fingerprint density at radius 1 is 1.33 bits per heavy atom. The minimum Gasteiger partial charge on any atom is -0.503 e. The summed E-state index contributed by atoms with van der Waals surface area (Å²) in [6.07, 6.45) is 0. The standard InChI is InChI=1S/C8H6Cl2N2O3/c9-3-1-2(5(11)8(12)15)4(10)7(14)6(3)13/h1,11,13-14H,(H2,12,15). The van der Waals surface area contributed by atoms with Crippen LogP contribution in [0.25, 0.3) is 0 Å². The van der Waals surface area contributed by atoms with Crippen LogP contribution in [-0.2, 0) is 4.79 Å². The monoisotopic (exact) mass is 248 g/mol. The van der Waals surface area contributed by atoms with E-state index < -0.39 is 23.1 Å². The van der Waals surface area contributed by atoms with Crippen LogP contribution in [0.5, 0.6) is 11.5 Å². The first-order chi connectivity index (χ1) is 6.86. The lowest BCUT2D eigenvalue weighted by atomic mass is 10.1. The Kier molecular flexibility index (Phi) is 3.06. The van der Waals surface area contributed by atoms with Gasteiger partial charge in [-0.15, -0.1) is 0 Å². The fourth-order valence-electron chi connectivity index (χ4n) is 0.918. The first kappa shape index (κ1) is 11.6. The third-order valence-corrected chi connectivity index (χ3v) is 2.35. The van der Waals surface area contributed by atoms with Crippen molar-refractivity contribution >= 4 is 34.8 Å². The summed E-state index contributed by atoms with van der Waals surface area (Å²) in [6.45, 7) is 0. The molecule has 5 nitrogen and oxygen atoms in total. The van der Waals surface area contributed by atoms with E-state index >= 15 is 0 Å². The quantitative estimate of drug-likeness (QED) is 0.468. The van der Waals surface area contributed by atoms with Crippen molar-refractivity contribution in [2.24, 2.45) is 5.73 Å². The Hall–Kier alpha value is -1.46. The number of primary amides is 1. The molecule has 15 heavy (non-hydrogen) atoms. The summed E-state index contributed by atoms with van der Waals surface area (Å²) in [5.41, 5.74) is 4.13. The zero-order valence-corrected chi connectivity index (χ0v) is 8.73. The number of phenolic OH excluding ortho intramolecular Hbond substituents is 2. The van der Waals surface area contributed by atoms with Crippen LogP contribution in [0.2, 0.25) is 10.0 Å². The van der Waals surface area contributed by atoms with E-state index in [1.165, 1.54) is 0 Å². The number of phenols is 2. The molecular formula is C8H6Cl2N2O3. The van der Waals surface area contributed by atoms with E-state index in [1.54, 1.807) is 0 Å². The molecule has 0 saturated carbocycles. The molecule has 5 N–H and O–H groups in total. The maximum absolute atomic E-state index is 10.7. The molecule has 0 bridgehead atoms. The molecule has 80 valence electrons. The molecule has 0 aliphatic rings. The molecule has 7 heteroatoms. The van der Waals surface area contributed by atoms with Crippen LogP contribution in [0.15, 0.2) is 6.07 Å². The van der Waals surface area contributed by atoms with Crippen molar-refractivity contribution in [3.63, 3.8) is 0 Å². The van der Waals surface area contributed by atoms with Gasteiger partial charge in [-0.1, -0.05) is 23.2 Å². The average molecular weight is 249 g/mol. The molecule has 0 saturated heterocycles. The van der Waals surface area contributed by atoms with Crippen LogP contribution >= 0.6 is 23.2 Å². The summed E-state index contributed by atoms with van der Waals surface area (Å²) in [5, 5.41) is 25.2. The van der Waals surface area contributed by atoms with E-state index in [0.29, 0.717) is 0 Å². The fraction of sp³-hybridized carbons (Fsp3) is 0. The van der Waals surface area contributed by atoms with Crippen molar-refractivity contribution in [3.8, 4) is 11.5 Å². The Balaban J connectivity index is 3.45. The summed E-state index contributed by atoms with van der Waals surface area (Å²) in [5.74, 6) is -2.31. The number of benzene rings is 1. The number of nitrogens with two attached hydrogens (primary N) is 1. The highest BCUT2D eigenvalue weighted by Crippen LogP contribution is 2.41. The van der Waals surface area contributed by atoms with Crippen molar-refractivity contribution in [2.45, 2.75) is 0 Å². The van der Waals surface area contributed by atoms with Gasteiger partial charge in [0.1, 0.15) is 5.71 Å². The van der Waals surface area contributed by atoms with Gasteiger partial charge in [0, 0.05) is 5.56 Å². The lowest BCUT2D eigenvalue weighted by Gasteiger charge is -2.08. The SMILES string of the molecule is N=C(C(N)=O)c1cc(Cl)c(O)c(O)c1Cl. The molecule has 0 heterocycles. The number of amides is 1. The second kappa shape index (κ2) is 3.96. The van der Waals surface area contributed by atoms with Gasteiger partial charge in [0.2, 0.25) is 0 Å². The predicted octanol–water partition coefficient (Wildman–Crippen LogP) is 1.26. The zero-order chi connectivity index (χ0) is 11.7. The number of halogens is 2. The highest BCUT2D eigenvalue weighted by molar-refractivity contribution is 6.49. The Bertz CT molecular complexity index is 460. The fourth-order valence-corrected chi connectivity index (χ4v) is 1.35. The predicted molar refractivity (Wildman–Crippen MR) is 55.8 cm³/mol. The molecular weight excluding hydrogens is 243 g/mol. The summed E-state index contributed by atoms with van der Waals surface area (Å²) >= 11 is 11.1. The number of carbonyl (C=O) groups is 1. The lowest BCUT2D eigenvalue weighted by molar-refractivity contribution is -0.112. The van der Waals surface area contributed by atoms with Crippen LogP contribution in [0.4, 0.5) is 0 Å². The number of rotatable bonds is 2. The van der Waals surface area contributed by atoms with E-state index in [-0.39, 0.29) is 15.6 Å². The van der Waals surface area contributed by atoms with E-state index in [1.807, 2.05) is 0 Å². The lowest BCUT2D eigenvalue weighted by Crippen LogP contribution is -2.23. The first-order valence-corrected chi connectivity index (χ1v) is 4.40. The summed E-state index contributed by atoms with van der Waals surface area (Å²) < 4.78 is 0. The highest BCUT2D eigenvalue weighted by atomic mass is 35.5. The molecule has 0 aromatic heterocycles. The van der Waals surface area contributed by atoms with Crippen molar-refractivity contribution in [3.05, 3.63) is 21.7 Å². The minimum atomic E-state index is -1.02. The molecule has 0 aliphatic carbocycles. The van der Waals surface area contributed by atoms with Gasteiger partial charge < -0.3 is 15.9 Å². The summed E-state index contributed by atoms with van der Waals surface area (Å²) in [6, 6.07) is 1.08. The molecule has 0 aliphatic heterocycles. The van der Waals surface area contributed by atoms with Crippen molar-refractivity contribution in [1.82, 2.24) is 0 Å². The highest BCUT2D eigenvalue weighted by Gasteiger charge is 2.19. The normalized spacial score (nSPS) is 10.0. The molecule has 1 amide bonds. The average Bonchev–Trinajstić information content (AvgIpc) is 2.19. The molecule has 0 fully saturated rings. The molecule has 0 radical (unpaired) electrons. The number of nitrogens with one attached hydrogen (secondary N) is 1. The van der Waals surface area contributed by atoms with Crippen molar-refractivity contribution in [1.29, 1.82) is 5.41 Å². The number of hydrogen-bond donors (Lipinski definition) is 4. The summed E-state index contributed by atoms with van der Waals surface area (Å²) in [7, 11) is 0. The molecule has 0 spiro atoms. The molecule has 1 rings (SSSR count). The van der Waals surface area contributed by atoms with Gasteiger partial charge in [0.25, 0.3) is 5.91 Å². The van der Waals surface area contributed by atoms with E-state index in [2.05, 4.69) is 0 Å². The first-order valence-electron chi connectivity index (χ1n) is 3.65. The van der Waals surface area contributed by atoms with Crippen molar-refractivity contribution < 1.29 is 15.0 Å². The van der Waals surface area contributed by atoms with E-state index in [9.17, 15) is 15.0 Å². The van der Waals surface area contributed by atoms with Crippen LogP contribution in [0.1, 0.15) is 5.56 Å². The van der Waals surface area contributed by atoms with Gasteiger partial charge >= 0.3 is 0 Å². The molecule has 1 aromatic carbocycles. The van der Waals surface area contributed by atoms with Crippen LogP contribution in [0, 0.1) is 5.41 Å². The molecule has 1 aromatic rings. The van der Waals surface area contributed by atoms with Gasteiger partial charge in [0.15, 0.2) is 11.5 Å². The minimum absolute atomic E-state index is 0.135. The third-order valence-electron chi connectivity index (χ3n) is 1.68. The molecule has 0 atom stereocenters. The van der Waals surface area contributed by atoms with Crippen LogP contribution in [0.3, 0.4) is 0 Å². The van der Waals surface area contributed by atoms with Crippen LogP contribution in [-0.4, -0.2) is 21.8 Å². The maximum Gasteiger partial charge on any atom is 0.267 e. The Labute approximate surface area is 94.5 Å². The van der Waals surface area contributed by atoms with Gasteiger partial charge in [-0.2, -0.15) is 0 Å². The molecule has 0 unspecified atom stereocenters. The number of aromatic hydroxyl groups is 2. The van der Waals surface area contributed by atoms with Gasteiger partial charge in [-0.25, -0.2) is 0 Å². The summed E-state index contributed by atoms with van der Waals surface area (Å²) in [4.78, 5) is 10.7. The second-order valence-corrected chi connectivity index (χ2v) is 3.44. The number of hydrogen-bond acceptors (Lipinski definition) is 4. The second-order valence-electron chi connectivity index (χ2n) is 2.66. The number of carbonyl (C=O) groups excluding carboxylic acids is 1. The van der Waals surface area contributed by atoms with E-state index in [0.717, 1.165) is 6.07 Å². The third kappa shape index (κ3) is 1.98. The van der Waals surface area contributed by atoms with Crippen molar-refractivity contribution in [2.75, 3.05) is 0 Å². The van der Waals surface area contributed by atoms with Gasteiger partial charge in [-0.3, -0.25) is 10.2 Å². The van der Waals surface area contributed by atoms with Crippen LogP contribution < -0.4 is 5.73 Å². The zero-order valence-electron chi connectivity index (χ0n) is 7.21. The Morgan fingerprint density at radius 3 is 2.33 bits per heavy atom. The topological polar surface area (TPSA) is 107 Å². The maximum atomic E-state index is 10.7. The van der Waals surface area contributed by atoms with Gasteiger partial charge in [-0.05, 0) is 6.07 Å².